The van der Waals surface area contributed by atoms with Crippen molar-refractivity contribution in [3.63, 3.8) is 0 Å². The van der Waals surface area contributed by atoms with Crippen LogP contribution in [-0.2, 0) is 0 Å². The summed E-state index contributed by atoms with van der Waals surface area (Å²) in [6.07, 6.45) is 2.11. The van der Waals surface area contributed by atoms with Gasteiger partial charge in [0.05, 0.1) is 25.0 Å². The van der Waals surface area contributed by atoms with Crippen molar-refractivity contribution in [2.75, 3.05) is 7.11 Å². The molecule has 0 amide bonds. The monoisotopic (exact) mass is 346 g/mol. The van der Waals surface area contributed by atoms with Crippen LogP contribution in [0, 0.1) is 0 Å². The molecule has 1 aromatic heterocycles. The first kappa shape index (κ1) is 15.1. The largest absolute Gasteiger partial charge is 0.496 e. The van der Waals surface area contributed by atoms with Crippen molar-refractivity contribution < 1.29 is 13.9 Å². The molecule has 0 bridgehead atoms. The fourth-order valence-electron chi connectivity index (χ4n) is 3.70. The second-order valence-corrected chi connectivity index (χ2v) is 6.37. The number of ether oxygens (including phenoxy) is 2. The highest BCUT2D eigenvalue weighted by Gasteiger charge is 2.42. The standard InChI is InChI=1S/C21H18N2O3/c1-24-18-9-4-3-8-15(18)21-23-17(14-7-2-5-10-19(14)26-21)13-16(22-23)20-11-6-12-25-20/h2-12,17,21H,13H2,1H3/t17-,21-/m0/s1. The van der Waals surface area contributed by atoms with Gasteiger partial charge in [0.15, 0.2) is 0 Å². The average molecular weight is 346 g/mol. The molecule has 0 unspecified atom stereocenters. The van der Waals surface area contributed by atoms with Crippen molar-refractivity contribution in [2.24, 2.45) is 5.10 Å². The van der Waals surface area contributed by atoms with E-state index < -0.39 is 0 Å². The normalized spacial score (nSPS) is 20.8. The van der Waals surface area contributed by atoms with Crippen molar-refractivity contribution >= 4 is 5.71 Å². The number of methoxy groups -OCH3 is 1. The Kier molecular flexibility index (Phi) is 3.45. The van der Waals surface area contributed by atoms with E-state index in [1.807, 2.05) is 59.6 Å². The Balaban J connectivity index is 1.63. The molecule has 2 aliphatic heterocycles. The second-order valence-electron chi connectivity index (χ2n) is 6.37. The molecular formula is C21H18N2O3. The van der Waals surface area contributed by atoms with Gasteiger partial charge in [0, 0.05) is 12.0 Å². The van der Waals surface area contributed by atoms with E-state index in [0.717, 1.165) is 40.5 Å². The first-order chi connectivity index (χ1) is 12.8. The molecule has 0 radical (unpaired) electrons. The molecule has 2 atom stereocenters. The van der Waals surface area contributed by atoms with Gasteiger partial charge in [-0.15, -0.1) is 0 Å². The van der Waals surface area contributed by atoms with Crippen LogP contribution in [0.2, 0.25) is 0 Å². The van der Waals surface area contributed by atoms with Crippen LogP contribution in [-0.4, -0.2) is 17.8 Å². The summed E-state index contributed by atoms with van der Waals surface area (Å²) in [6, 6.07) is 20.0. The Labute approximate surface area is 151 Å². The fourth-order valence-corrected chi connectivity index (χ4v) is 3.70. The lowest BCUT2D eigenvalue weighted by molar-refractivity contribution is -0.0203. The highest BCUT2D eigenvalue weighted by Crippen LogP contribution is 2.48. The summed E-state index contributed by atoms with van der Waals surface area (Å²) in [5.74, 6) is 2.48. The van der Waals surface area contributed by atoms with Crippen LogP contribution in [0.15, 0.2) is 76.4 Å². The van der Waals surface area contributed by atoms with Crippen LogP contribution in [0.5, 0.6) is 11.5 Å². The van der Waals surface area contributed by atoms with E-state index >= 15 is 0 Å². The Morgan fingerprint density at radius 2 is 1.81 bits per heavy atom. The number of benzene rings is 2. The second kappa shape index (κ2) is 5.95. The van der Waals surface area contributed by atoms with Gasteiger partial charge in [-0.25, -0.2) is 5.01 Å². The minimum atomic E-state index is -0.349. The summed E-state index contributed by atoms with van der Waals surface area (Å²) < 4.78 is 17.5. The molecular weight excluding hydrogens is 328 g/mol. The molecule has 0 N–H and O–H groups in total. The SMILES string of the molecule is COc1ccccc1[C@@H]1Oc2ccccc2[C@@H]2CC(c3ccco3)=NN21. The lowest BCUT2D eigenvalue weighted by Crippen LogP contribution is -2.33. The van der Waals surface area contributed by atoms with Crippen molar-refractivity contribution in [3.05, 3.63) is 83.8 Å². The average Bonchev–Trinajstić information content (AvgIpc) is 3.37. The minimum Gasteiger partial charge on any atom is -0.496 e. The van der Waals surface area contributed by atoms with Gasteiger partial charge < -0.3 is 13.9 Å². The van der Waals surface area contributed by atoms with Crippen LogP contribution in [0.4, 0.5) is 0 Å². The number of fused-ring (bicyclic) bond motifs is 3. The number of furan rings is 1. The molecule has 130 valence electrons. The van der Waals surface area contributed by atoms with Gasteiger partial charge in [0.2, 0.25) is 6.23 Å². The summed E-state index contributed by atoms with van der Waals surface area (Å²) in [5, 5.41) is 6.89. The first-order valence-electron chi connectivity index (χ1n) is 8.63. The van der Waals surface area contributed by atoms with Gasteiger partial charge >= 0.3 is 0 Å². The Morgan fingerprint density at radius 1 is 1.00 bits per heavy atom. The molecule has 3 heterocycles. The van der Waals surface area contributed by atoms with Gasteiger partial charge in [0.25, 0.3) is 0 Å². The maximum absolute atomic E-state index is 6.35. The lowest BCUT2D eigenvalue weighted by Gasteiger charge is -2.38. The maximum Gasteiger partial charge on any atom is 0.217 e. The molecule has 3 aromatic rings. The van der Waals surface area contributed by atoms with Crippen LogP contribution < -0.4 is 9.47 Å². The predicted molar refractivity (Wildman–Crippen MR) is 97.2 cm³/mol. The van der Waals surface area contributed by atoms with Crippen molar-refractivity contribution in [1.82, 2.24) is 5.01 Å². The first-order valence-corrected chi connectivity index (χ1v) is 8.63. The highest BCUT2D eigenvalue weighted by atomic mass is 16.5. The predicted octanol–water partition coefficient (Wildman–Crippen LogP) is 4.53. The van der Waals surface area contributed by atoms with E-state index in [-0.39, 0.29) is 12.3 Å². The molecule has 2 aromatic carbocycles. The molecule has 5 heteroatoms. The van der Waals surface area contributed by atoms with Crippen molar-refractivity contribution in [2.45, 2.75) is 18.7 Å². The van der Waals surface area contributed by atoms with E-state index in [1.165, 1.54) is 0 Å². The zero-order valence-electron chi connectivity index (χ0n) is 14.3. The lowest BCUT2D eigenvalue weighted by atomic mass is 9.97. The Hall–Kier alpha value is -3.21. The molecule has 0 spiro atoms. The molecule has 0 aliphatic carbocycles. The third-order valence-electron chi connectivity index (χ3n) is 4.91. The Morgan fingerprint density at radius 3 is 2.62 bits per heavy atom. The minimum absolute atomic E-state index is 0.106. The van der Waals surface area contributed by atoms with Crippen LogP contribution in [0.25, 0.3) is 0 Å². The maximum atomic E-state index is 6.35. The van der Waals surface area contributed by atoms with E-state index in [4.69, 9.17) is 19.0 Å². The van der Waals surface area contributed by atoms with Crippen molar-refractivity contribution in [3.8, 4) is 11.5 Å². The molecule has 2 aliphatic rings. The van der Waals surface area contributed by atoms with Gasteiger partial charge in [-0.3, -0.25) is 0 Å². The summed E-state index contributed by atoms with van der Waals surface area (Å²) >= 11 is 0. The van der Waals surface area contributed by atoms with E-state index in [2.05, 4.69) is 6.07 Å². The Bertz CT molecular complexity index is 965. The number of rotatable bonds is 3. The smallest absolute Gasteiger partial charge is 0.217 e. The topological polar surface area (TPSA) is 47.2 Å². The molecule has 0 saturated heterocycles. The fraction of sp³-hybridized carbons (Fsp3) is 0.190. The zero-order chi connectivity index (χ0) is 17.5. The number of hydrogen-bond donors (Lipinski definition) is 0. The number of hydrogen-bond acceptors (Lipinski definition) is 5. The van der Waals surface area contributed by atoms with Gasteiger partial charge in [-0.05, 0) is 30.3 Å². The quantitative estimate of drug-likeness (QED) is 0.699. The zero-order valence-corrected chi connectivity index (χ0v) is 14.3. The number of hydrazone groups is 1. The third kappa shape index (κ3) is 2.28. The third-order valence-corrected chi connectivity index (χ3v) is 4.91. The molecule has 0 fully saturated rings. The number of para-hydroxylation sites is 2. The molecule has 5 rings (SSSR count). The van der Waals surface area contributed by atoms with Crippen LogP contribution in [0.1, 0.15) is 35.6 Å². The van der Waals surface area contributed by atoms with Crippen molar-refractivity contribution in [1.29, 1.82) is 0 Å². The number of nitrogens with zero attached hydrogens (tertiary/aromatic N) is 2. The summed E-state index contributed by atoms with van der Waals surface area (Å²) in [7, 11) is 1.68. The van der Waals surface area contributed by atoms with Gasteiger partial charge in [-0.2, -0.15) is 5.10 Å². The molecule has 0 saturated carbocycles. The molecule has 5 nitrogen and oxygen atoms in total. The van der Waals surface area contributed by atoms with Gasteiger partial charge in [0.1, 0.15) is 23.0 Å². The van der Waals surface area contributed by atoms with E-state index in [0.29, 0.717) is 0 Å². The summed E-state index contributed by atoms with van der Waals surface area (Å²) in [6.45, 7) is 0. The van der Waals surface area contributed by atoms with Gasteiger partial charge in [-0.1, -0.05) is 30.3 Å². The van der Waals surface area contributed by atoms with E-state index in [1.54, 1.807) is 13.4 Å². The summed E-state index contributed by atoms with van der Waals surface area (Å²) in [5.41, 5.74) is 3.03. The highest BCUT2D eigenvalue weighted by molar-refractivity contribution is 5.99. The van der Waals surface area contributed by atoms with Crippen LogP contribution >= 0.6 is 0 Å². The van der Waals surface area contributed by atoms with Crippen LogP contribution in [0.3, 0.4) is 0 Å². The summed E-state index contributed by atoms with van der Waals surface area (Å²) in [4.78, 5) is 0. The van der Waals surface area contributed by atoms with E-state index in [9.17, 15) is 0 Å². The molecule has 26 heavy (non-hydrogen) atoms.